The van der Waals surface area contributed by atoms with Crippen molar-refractivity contribution in [3.8, 4) is 11.5 Å². The average molecular weight is 264 g/mol. The van der Waals surface area contributed by atoms with Gasteiger partial charge in [0.2, 0.25) is 0 Å². The van der Waals surface area contributed by atoms with Crippen LogP contribution in [0.2, 0.25) is 0 Å². The van der Waals surface area contributed by atoms with Gasteiger partial charge < -0.3 is 15.2 Å². The van der Waals surface area contributed by atoms with Crippen LogP contribution in [0.5, 0.6) is 11.5 Å². The van der Waals surface area contributed by atoms with Gasteiger partial charge in [0.15, 0.2) is 0 Å². The second-order valence-electron chi connectivity index (χ2n) is 5.34. The van der Waals surface area contributed by atoms with E-state index in [-0.39, 0.29) is 0 Å². The second-order valence-corrected chi connectivity index (χ2v) is 5.34. The molecule has 0 spiro atoms. The van der Waals surface area contributed by atoms with E-state index in [1.54, 1.807) is 14.2 Å². The van der Waals surface area contributed by atoms with E-state index in [9.17, 15) is 0 Å². The molecule has 19 heavy (non-hydrogen) atoms. The number of nitrogens with two attached hydrogens (primary N) is 1. The molecule has 1 aliphatic heterocycles. The molecule has 1 aliphatic rings. The Hall–Kier alpha value is -1.26. The Morgan fingerprint density at radius 2 is 2.11 bits per heavy atom. The normalized spacial score (nSPS) is 24.2. The fourth-order valence-electron chi connectivity index (χ4n) is 2.64. The molecule has 0 aromatic heterocycles. The van der Waals surface area contributed by atoms with E-state index in [0.717, 1.165) is 37.6 Å². The monoisotopic (exact) mass is 264 g/mol. The molecular weight excluding hydrogens is 240 g/mol. The quantitative estimate of drug-likeness (QED) is 0.902. The summed E-state index contributed by atoms with van der Waals surface area (Å²) in [6, 6.07) is 6.28. The number of likely N-dealkylation sites (tertiary alicyclic amines) is 1. The maximum absolute atomic E-state index is 6.06. The number of methoxy groups -OCH3 is 2. The van der Waals surface area contributed by atoms with Gasteiger partial charge in [-0.2, -0.15) is 0 Å². The van der Waals surface area contributed by atoms with Crippen LogP contribution in [0.3, 0.4) is 0 Å². The van der Waals surface area contributed by atoms with E-state index in [2.05, 4.69) is 17.9 Å². The highest BCUT2D eigenvalue weighted by Gasteiger charge is 2.23. The lowest BCUT2D eigenvalue weighted by atomic mass is 9.94. The molecule has 2 N–H and O–H groups in total. The van der Waals surface area contributed by atoms with Crippen LogP contribution in [0.1, 0.15) is 18.9 Å². The van der Waals surface area contributed by atoms with Gasteiger partial charge in [0.25, 0.3) is 0 Å². The summed E-state index contributed by atoms with van der Waals surface area (Å²) in [5, 5.41) is 0. The van der Waals surface area contributed by atoms with Crippen molar-refractivity contribution in [1.82, 2.24) is 4.90 Å². The molecule has 0 bridgehead atoms. The number of benzene rings is 1. The van der Waals surface area contributed by atoms with Crippen LogP contribution in [-0.4, -0.2) is 38.3 Å². The van der Waals surface area contributed by atoms with Gasteiger partial charge in [0.1, 0.15) is 11.5 Å². The molecule has 2 unspecified atom stereocenters. The molecule has 0 radical (unpaired) electrons. The summed E-state index contributed by atoms with van der Waals surface area (Å²) in [5.74, 6) is 2.34. The number of hydrogen-bond acceptors (Lipinski definition) is 4. The van der Waals surface area contributed by atoms with Crippen molar-refractivity contribution in [3.05, 3.63) is 23.8 Å². The molecule has 4 heteroatoms. The van der Waals surface area contributed by atoms with Crippen molar-refractivity contribution in [2.24, 2.45) is 11.7 Å². The molecular formula is C15H24N2O2. The Morgan fingerprint density at radius 3 is 2.74 bits per heavy atom. The van der Waals surface area contributed by atoms with E-state index in [0.29, 0.717) is 12.0 Å². The maximum atomic E-state index is 6.06. The first-order valence-electron chi connectivity index (χ1n) is 6.83. The standard InChI is InChI=1S/C15H24N2O2/c1-11-9-17(7-6-14(11)16)10-12-8-13(18-2)4-5-15(12)19-3/h4-5,8,11,14H,6-7,9-10,16H2,1-3H3. The lowest BCUT2D eigenvalue weighted by molar-refractivity contribution is 0.156. The Labute approximate surface area is 115 Å². The van der Waals surface area contributed by atoms with Gasteiger partial charge in [-0.3, -0.25) is 4.90 Å². The highest BCUT2D eigenvalue weighted by molar-refractivity contribution is 5.40. The third-order valence-electron chi connectivity index (χ3n) is 3.94. The van der Waals surface area contributed by atoms with Crippen molar-refractivity contribution in [2.45, 2.75) is 25.9 Å². The topological polar surface area (TPSA) is 47.7 Å². The van der Waals surface area contributed by atoms with Gasteiger partial charge in [0.05, 0.1) is 14.2 Å². The number of hydrogen-bond donors (Lipinski definition) is 1. The summed E-state index contributed by atoms with van der Waals surface area (Å²) >= 11 is 0. The van der Waals surface area contributed by atoms with E-state index < -0.39 is 0 Å². The van der Waals surface area contributed by atoms with Crippen LogP contribution in [0.25, 0.3) is 0 Å². The van der Waals surface area contributed by atoms with Gasteiger partial charge >= 0.3 is 0 Å². The van der Waals surface area contributed by atoms with E-state index in [4.69, 9.17) is 15.2 Å². The summed E-state index contributed by atoms with van der Waals surface area (Å²) in [6.07, 6.45) is 1.06. The zero-order chi connectivity index (χ0) is 13.8. The Bertz CT molecular complexity index is 423. The largest absolute Gasteiger partial charge is 0.497 e. The molecule has 0 aliphatic carbocycles. The third kappa shape index (κ3) is 3.39. The fraction of sp³-hybridized carbons (Fsp3) is 0.600. The lowest BCUT2D eigenvalue weighted by Gasteiger charge is -2.35. The van der Waals surface area contributed by atoms with E-state index in [1.807, 2.05) is 12.1 Å². The smallest absolute Gasteiger partial charge is 0.123 e. The van der Waals surface area contributed by atoms with E-state index >= 15 is 0 Å². The Kier molecular flexibility index (Phi) is 4.66. The van der Waals surface area contributed by atoms with Crippen LogP contribution < -0.4 is 15.2 Å². The van der Waals surface area contributed by atoms with Crippen LogP contribution in [-0.2, 0) is 6.54 Å². The van der Waals surface area contributed by atoms with Gasteiger partial charge in [0, 0.05) is 24.7 Å². The minimum atomic E-state index is 0.337. The zero-order valence-electron chi connectivity index (χ0n) is 12.1. The van der Waals surface area contributed by atoms with Gasteiger partial charge in [-0.15, -0.1) is 0 Å². The highest BCUT2D eigenvalue weighted by Crippen LogP contribution is 2.26. The van der Waals surface area contributed by atoms with Crippen molar-refractivity contribution < 1.29 is 9.47 Å². The van der Waals surface area contributed by atoms with Crippen molar-refractivity contribution in [1.29, 1.82) is 0 Å². The Morgan fingerprint density at radius 1 is 1.32 bits per heavy atom. The maximum Gasteiger partial charge on any atom is 0.123 e. The molecule has 0 saturated carbocycles. The zero-order valence-corrected chi connectivity index (χ0v) is 12.1. The minimum absolute atomic E-state index is 0.337. The van der Waals surface area contributed by atoms with Gasteiger partial charge in [-0.05, 0) is 37.1 Å². The number of ether oxygens (including phenoxy) is 2. The van der Waals surface area contributed by atoms with E-state index in [1.165, 1.54) is 5.56 Å². The first-order chi connectivity index (χ1) is 9.13. The Balaban J connectivity index is 2.09. The minimum Gasteiger partial charge on any atom is -0.497 e. The summed E-state index contributed by atoms with van der Waals surface area (Å²) < 4.78 is 10.7. The van der Waals surface area contributed by atoms with Crippen LogP contribution in [0, 0.1) is 5.92 Å². The lowest BCUT2D eigenvalue weighted by Crippen LogP contribution is -2.45. The van der Waals surface area contributed by atoms with Gasteiger partial charge in [-0.25, -0.2) is 0 Å². The van der Waals surface area contributed by atoms with Crippen LogP contribution in [0.15, 0.2) is 18.2 Å². The second kappa shape index (κ2) is 6.26. The summed E-state index contributed by atoms with van der Waals surface area (Å²) in [7, 11) is 3.40. The van der Waals surface area contributed by atoms with Crippen LogP contribution in [0.4, 0.5) is 0 Å². The molecule has 1 fully saturated rings. The first kappa shape index (κ1) is 14.2. The highest BCUT2D eigenvalue weighted by atomic mass is 16.5. The number of rotatable bonds is 4. The molecule has 106 valence electrons. The van der Waals surface area contributed by atoms with Crippen molar-refractivity contribution >= 4 is 0 Å². The molecule has 1 heterocycles. The number of piperidine rings is 1. The number of nitrogens with zero attached hydrogens (tertiary/aromatic N) is 1. The SMILES string of the molecule is COc1ccc(OC)c(CN2CCC(N)C(C)C2)c1. The molecule has 2 rings (SSSR count). The first-order valence-corrected chi connectivity index (χ1v) is 6.83. The van der Waals surface area contributed by atoms with Crippen LogP contribution >= 0.6 is 0 Å². The average Bonchev–Trinajstić information content (AvgIpc) is 2.43. The predicted octanol–water partition coefficient (Wildman–Crippen LogP) is 1.87. The summed E-state index contributed by atoms with van der Waals surface area (Å²) in [4.78, 5) is 2.44. The predicted molar refractivity (Wildman–Crippen MR) is 76.6 cm³/mol. The van der Waals surface area contributed by atoms with Crippen molar-refractivity contribution in [2.75, 3.05) is 27.3 Å². The van der Waals surface area contributed by atoms with Gasteiger partial charge in [-0.1, -0.05) is 6.92 Å². The summed E-state index contributed by atoms with van der Waals surface area (Å²) in [5.41, 5.74) is 7.24. The molecule has 0 amide bonds. The van der Waals surface area contributed by atoms with Crippen molar-refractivity contribution in [3.63, 3.8) is 0 Å². The molecule has 2 atom stereocenters. The molecule has 1 aromatic carbocycles. The molecule has 4 nitrogen and oxygen atoms in total. The fourth-order valence-corrected chi connectivity index (χ4v) is 2.64. The third-order valence-corrected chi connectivity index (χ3v) is 3.94. The summed E-state index contributed by atoms with van der Waals surface area (Å²) in [6.45, 7) is 5.20. The molecule has 1 aromatic rings. The molecule has 1 saturated heterocycles.